The van der Waals surface area contributed by atoms with Crippen LogP contribution in [0.15, 0.2) is 18.3 Å². The van der Waals surface area contributed by atoms with Crippen LogP contribution in [0.1, 0.15) is 24.6 Å². The van der Waals surface area contributed by atoms with Crippen LogP contribution in [0.5, 0.6) is 5.88 Å². The Kier molecular flexibility index (Phi) is 4.45. The lowest BCUT2D eigenvalue weighted by Gasteiger charge is -2.10. The van der Waals surface area contributed by atoms with Crippen LogP contribution < -0.4 is 15.8 Å². The normalized spacial score (nSPS) is 10.6. The number of methoxy groups -OCH3 is 1. The highest BCUT2D eigenvalue weighted by Crippen LogP contribution is 2.23. The van der Waals surface area contributed by atoms with E-state index in [0.717, 1.165) is 30.0 Å². The Morgan fingerprint density at radius 1 is 1.40 bits per heavy atom. The Hall–Kier alpha value is -2.24. The molecule has 0 atom stereocenters. The molecule has 0 amide bonds. The summed E-state index contributed by atoms with van der Waals surface area (Å²) in [7, 11) is 1.60. The van der Waals surface area contributed by atoms with Gasteiger partial charge >= 0.3 is 0 Å². The molecule has 3 N–H and O–H groups in total. The summed E-state index contributed by atoms with van der Waals surface area (Å²) in [6.07, 6.45) is 2.80. The number of nitrogens with two attached hydrogens (primary N) is 1. The van der Waals surface area contributed by atoms with Gasteiger partial charge in [0.15, 0.2) is 0 Å². The van der Waals surface area contributed by atoms with E-state index in [1.165, 1.54) is 0 Å². The van der Waals surface area contributed by atoms with Crippen LogP contribution in [-0.2, 0) is 13.1 Å². The summed E-state index contributed by atoms with van der Waals surface area (Å²) in [6.45, 7) is 5.53. The van der Waals surface area contributed by atoms with E-state index in [9.17, 15) is 0 Å². The van der Waals surface area contributed by atoms with Crippen LogP contribution in [0.3, 0.4) is 0 Å². The molecule has 0 unspecified atom stereocenters. The minimum atomic E-state index is 0.611. The number of rotatable bonds is 6. The molecule has 0 aliphatic carbocycles. The van der Waals surface area contributed by atoms with Gasteiger partial charge in [0, 0.05) is 25.4 Å². The maximum absolute atomic E-state index is 6.06. The number of pyridine rings is 1. The summed E-state index contributed by atoms with van der Waals surface area (Å²) in [5, 5.41) is 7.77. The lowest BCUT2D eigenvalue weighted by atomic mass is 10.3. The number of nitrogens with zero attached hydrogens (tertiary/aromatic N) is 3. The van der Waals surface area contributed by atoms with Gasteiger partial charge in [-0.3, -0.25) is 0 Å². The van der Waals surface area contributed by atoms with Crippen LogP contribution in [0.25, 0.3) is 0 Å². The first-order valence-electron chi connectivity index (χ1n) is 6.71. The fraction of sp³-hybridized carbons (Fsp3) is 0.429. The molecule has 0 saturated carbocycles. The molecule has 2 aromatic rings. The van der Waals surface area contributed by atoms with E-state index in [4.69, 9.17) is 10.5 Å². The molecule has 0 radical (unpaired) electrons. The lowest BCUT2D eigenvalue weighted by Crippen LogP contribution is -2.09. The van der Waals surface area contributed by atoms with E-state index in [1.807, 2.05) is 23.7 Å². The third kappa shape index (κ3) is 3.01. The smallest absolute Gasteiger partial charge is 0.212 e. The van der Waals surface area contributed by atoms with Crippen LogP contribution in [0.2, 0.25) is 0 Å². The second kappa shape index (κ2) is 6.27. The molecule has 0 aliphatic rings. The highest BCUT2D eigenvalue weighted by molar-refractivity contribution is 5.64. The molecule has 0 fully saturated rings. The lowest BCUT2D eigenvalue weighted by molar-refractivity contribution is 0.397. The summed E-state index contributed by atoms with van der Waals surface area (Å²) in [5.74, 6) is 1.49. The molecule has 0 aliphatic heterocycles. The first-order valence-corrected chi connectivity index (χ1v) is 6.71. The van der Waals surface area contributed by atoms with Gasteiger partial charge in [0.05, 0.1) is 18.5 Å². The van der Waals surface area contributed by atoms with E-state index in [0.29, 0.717) is 18.1 Å². The van der Waals surface area contributed by atoms with Gasteiger partial charge in [0.1, 0.15) is 5.82 Å². The molecule has 0 bridgehead atoms. The average molecular weight is 275 g/mol. The van der Waals surface area contributed by atoms with E-state index < -0.39 is 0 Å². The highest BCUT2D eigenvalue weighted by atomic mass is 16.5. The third-order valence-corrected chi connectivity index (χ3v) is 3.08. The summed E-state index contributed by atoms with van der Waals surface area (Å²) < 4.78 is 6.96. The first kappa shape index (κ1) is 14.2. The Balaban J connectivity index is 2.09. The zero-order valence-corrected chi connectivity index (χ0v) is 12.2. The maximum atomic E-state index is 6.06. The number of hydrogen-bond donors (Lipinski definition) is 2. The van der Waals surface area contributed by atoms with Crippen molar-refractivity contribution < 1.29 is 4.74 Å². The van der Waals surface area contributed by atoms with Crippen LogP contribution >= 0.6 is 0 Å². The summed E-state index contributed by atoms with van der Waals surface area (Å²) in [5.41, 5.74) is 8.69. The van der Waals surface area contributed by atoms with Gasteiger partial charge in [-0.25, -0.2) is 9.67 Å². The molecule has 0 spiro atoms. The topological polar surface area (TPSA) is 78.0 Å². The molecule has 0 saturated heterocycles. The van der Waals surface area contributed by atoms with Gasteiger partial charge < -0.3 is 15.8 Å². The standard InChI is InChI=1S/C14H21N5O/c1-4-7-19-14(13(15)10(2)18-19)17-9-11-5-6-12(20-3)16-8-11/h5-6,8,17H,4,7,9,15H2,1-3H3. The van der Waals surface area contributed by atoms with Crippen LogP contribution in [0, 0.1) is 6.92 Å². The molecular weight excluding hydrogens is 254 g/mol. The van der Waals surface area contributed by atoms with Crippen molar-refractivity contribution in [1.29, 1.82) is 0 Å². The highest BCUT2D eigenvalue weighted by Gasteiger charge is 2.11. The zero-order valence-electron chi connectivity index (χ0n) is 12.2. The van der Waals surface area contributed by atoms with E-state index >= 15 is 0 Å². The van der Waals surface area contributed by atoms with Crippen LogP contribution in [0.4, 0.5) is 11.5 Å². The predicted octanol–water partition coefficient (Wildman–Crippen LogP) is 2.20. The first-order chi connectivity index (χ1) is 9.65. The van der Waals surface area contributed by atoms with E-state index in [1.54, 1.807) is 13.3 Å². The minimum absolute atomic E-state index is 0.611. The van der Waals surface area contributed by atoms with Gasteiger partial charge in [-0.1, -0.05) is 13.0 Å². The van der Waals surface area contributed by atoms with Crippen molar-refractivity contribution in [2.75, 3.05) is 18.2 Å². The maximum Gasteiger partial charge on any atom is 0.212 e. The van der Waals surface area contributed by atoms with Crippen LogP contribution in [-0.4, -0.2) is 21.9 Å². The second-order valence-corrected chi connectivity index (χ2v) is 4.63. The van der Waals surface area contributed by atoms with Crippen molar-refractivity contribution in [2.45, 2.75) is 33.4 Å². The molecule has 6 heteroatoms. The molecule has 20 heavy (non-hydrogen) atoms. The molecule has 6 nitrogen and oxygen atoms in total. The fourth-order valence-corrected chi connectivity index (χ4v) is 1.98. The van der Waals surface area contributed by atoms with Crippen molar-refractivity contribution in [3.05, 3.63) is 29.6 Å². The summed E-state index contributed by atoms with van der Waals surface area (Å²) >= 11 is 0. The van der Waals surface area contributed by atoms with E-state index in [-0.39, 0.29) is 0 Å². The summed E-state index contributed by atoms with van der Waals surface area (Å²) in [4.78, 5) is 4.18. The van der Waals surface area contributed by atoms with Crippen molar-refractivity contribution in [2.24, 2.45) is 0 Å². The zero-order chi connectivity index (χ0) is 14.5. The molecule has 2 rings (SSSR count). The number of aromatic nitrogens is 3. The number of hydrogen-bond acceptors (Lipinski definition) is 5. The van der Waals surface area contributed by atoms with Crippen molar-refractivity contribution in [3.63, 3.8) is 0 Å². The Morgan fingerprint density at radius 3 is 2.80 bits per heavy atom. The third-order valence-electron chi connectivity index (χ3n) is 3.08. The Bertz CT molecular complexity index is 562. The van der Waals surface area contributed by atoms with Gasteiger partial charge in [-0.2, -0.15) is 5.10 Å². The molecular formula is C14H21N5O. The number of ether oxygens (including phenoxy) is 1. The second-order valence-electron chi connectivity index (χ2n) is 4.63. The molecule has 2 heterocycles. The minimum Gasteiger partial charge on any atom is -0.481 e. The Labute approximate surface area is 119 Å². The predicted molar refractivity (Wildman–Crippen MR) is 79.8 cm³/mol. The Morgan fingerprint density at radius 2 is 2.20 bits per heavy atom. The van der Waals surface area contributed by atoms with Crippen molar-refractivity contribution >= 4 is 11.5 Å². The monoisotopic (exact) mass is 275 g/mol. The van der Waals surface area contributed by atoms with Gasteiger partial charge in [-0.05, 0) is 18.9 Å². The quantitative estimate of drug-likeness (QED) is 0.845. The van der Waals surface area contributed by atoms with Crippen molar-refractivity contribution in [3.8, 4) is 5.88 Å². The number of nitrogen functional groups attached to an aromatic ring is 1. The molecule has 0 aromatic carbocycles. The number of aryl methyl sites for hydroxylation is 2. The SMILES string of the molecule is CCCn1nc(C)c(N)c1NCc1ccc(OC)nc1. The van der Waals surface area contributed by atoms with E-state index in [2.05, 4.69) is 22.3 Å². The van der Waals surface area contributed by atoms with Gasteiger partial charge in [0.2, 0.25) is 5.88 Å². The largest absolute Gasteiger partial charge is 0.481 e. The molecule has 108 valence electrons. The van der Waals surface area contributed by atoms with Gasteiger partial charge in [-0.15, -0.1) is 0 Å². The van der Waals surface area contributed by atoms with Gasteiger partial charge in [0.25, 0.3) is 0 Å². The number of nitrogens with one attached hydrogen (secondary N) is 1. The average Bonchev–Trinajstić information content (AvgIpc) is 2.73. The van der Waals surface area contributed by atoms with Crippen molar-refractivity contribution in [1.82, 2.24) is 14.8 Å². The number of anilines is 2. The molecule has 2 aromatic heterocycles. The summed E-state index contributed by atoms with van der Waals surface area (Å²) in [6, 6.07) is 3.82. The fourth-order valence-electron chi connectivity index (χ4n) is 1.98.